The number of nitrogens with zero attached hydrogens (tertiary/aromatic N) is 2. The molecule has 1 fully saturated rings. The molecule has 2 rings (SSSR count). The Bertz CT molecular complexity index is 862. The van der Waals surface area contributed by atoms with E-state index in [0.29, 0.717) is 24.1 Å². The van der Waals surface area contributed by atoms with E-state index in [0.717, 1.165) is 25.2 Å². The Morgan fingerprint density at radius 1 is 1.06 bits per heavy atom. The van der Waals surface area contributed by atoms with Crippen LogP contribution in [0.4, 0.5) is 5.69 Å². The lowest BCUT2D eigenvalue weighted by Crippen LogP contribution is -2.54. The van der Waals surface area contributed by atoms with Crippen molar-refractivity contribution in [2.24, 2.45) is 0 Å². The largest absolute Gasteiger partial charge is 0.465 e. The van der Waals surface area contributed by atoms with Crippen LogP contribution in [0, 0.1) is 0 Å². The van der Waals surface area contributed by atoms with Crippen LogP contribution in [0.1, 0.15) is 56.5 Å². The van der Waals surface area contributed by atoms with Gasteiger partial charge in [0, 0.05) is 32.5 Å². The van der Waals surface area contributed by atoms with E-state index in [9.17, 15) is 19.2 Å². The second-order valence-corrected chi connectivity index (χ2v) is 8.13. The Kier molecular flexibility index (Phi) is 9.40. The van der Waals surface area contributed by atoms with Crippen molar-refractivity contribution < 1.29 is 33.4 Å². The van der Waals surface area contributed by atoms with Crippen molar-refractivity contribution in [2.45, 2.75) is 52.5 Å². The SMILES string of the molecule is CCN(CC)CCc1cc(C(=O)OC)ccc1N1C(=O)CCC1(COC(C)=O)COC(C)=O. The average molecular weight is 463 g/mol. The summed E-state index contributed by atoms with van der Waals surface area (Å²) in [5.74, 6) is -1.60. The smallest absolute Gasteiger partial charge is 0.337 e. The lowest BCUT2D eigenvalue weighted by atomic mass is 9.95. The van der Waals surface area contributed by atoms with Gasteiger partial charge in [-0.1, -0.05) is 13.8 Å². The van der Waals surface area contributed by atoms with Crippen LogP contribution in [-0.2, 0) is 35.0 Å². The second-order valence-electron chi connectivity index (χ2n) is 8.13. The molecule has 0 aliphatic carbocycles. The topological polar surface area (TPSA) is 102 Å². The predicted molar refractivity (Wildman–Crippen MR) is 122 cm³/mol. The second kappa shape index (κ2) is 11.8. The highest BCUT2D eigenvalue weighted by molar-refractivity contribution is 5.99. The van der Waals surface area contributed by atoms with E-state index in [4.69, 9.17) is 14.2 Å². The van der Waals surface area contributed by atoms with Gasteiger partial charge in [0.2, 0.25) is 5.91 Å². The molecule has 1 amide bonds. The normalized spacial score (nSPS) is 15.0. The summed E-state index contributed by atoms with van der Waals surface area (Å²) >= 11 is 0. The maximum atomic E-state index is 13.1. The molecule has 0 N–H and O–H groups in total. The number of benzene rings is 1. The summed E-state index contributed by atoms with van der Waals surface area (Å²) in [6, 6.07) is 5.05. The molecule has 9 heteroatoms. The first kappa shape index (κ1) is 26.3. The van der Waals surface area contributed by atoms with Gasteiger partial charge in [0.15, 0.2) is 0 Å². The zero-order chi connectivity index (χ0) is 24.6. The third kappa shape index (κ3) is 6.54. The van der Waals surface area contributed by atoms with Gasteiger partial charge in [-0.3, -0.25) is 19.3 Å². The zero-order valence-electron chi connectivity index (χ0n) is 20.1. The number of amides is 1. The summed E-state index contributed by atoms with van der Waals surface area (Å²) in [4.78, 5) is 52.2. The van der Waals surface area contributed by atoms with E-state index < -0.39 is 23.4 Å². The van der Waals surface area contributed by atoms with Crippen LogP contribution in [0.15, 0.2) is 18.2 Å². The first-order valence-electron chi connectivity index (χ1n) is 11.2. The van der Waals surface area contributed by atoms with E-state index in [1.165, 1.54) is 21.0 Å². The van der Waals surface area contributed by atoms with Gasteiger partial charge < -0.3 is 19.1 Å². The lowest BCUT2D eigenvalue weighted by molar-refractivity contribution is -0.147. The van der Waals surface area contributed by atoms with Crippen molar-refractivity contribution in [1.82, 2.24) is 4.90 Å². The molecule has 1 aromatic carbocycles. The third-order valence-electron chi connectivity index (χ3n) is 5.95. The standard InChI is InChI=1S/C24H34N2O7/c1-6-25(7-2)13-11-19-14-20(23(30)31-5)8-9-21(19)26-22(29)10-12-24(26,15-32-17(3)27)16-33-18(4)28/h8-9,14H,6-7,10-13,15-16H2,1-5H3. The molecule has 1 heterocycles. The van der Waals surface area contributed by atoms with Gasteiger partial charge in [-0.15, -0.1) is 0 Å². The number of methoxy groups -OCH3 is 1. The minimum Gasteiger partial charge on any atom is -0.465 e. The van der Waals surface area contributed by atoms with E-state index in [2.05, 4.69) is 18.7 Å². The fourth-order valence-corrected chi connectivity index (χ4v) is 4.07. The molecule has 1 aromatic rings. The van der Waals surface area contributed by atoms with E-state index >= 15 is 0 Å². The number of carbonyl (C=O) groups excluding carboxylic acids is 4. The molecular formula is C24H34N2O7. The average Bonchev–Trinajstić information content (AvgIpc) is 3.12. The first-order chi connectivity index (χ1) is 15.7. The van der Waals surface area contributed by atoms with Crippen LogP contribution >= 0.6 is 0 Å². The Labute approximate surface area is 195 Å². The van der Waals surface area contributed by atoms with E-state index in [-0.39, 0.29) is 25.5 Å². The van der Waals surface area contributed by atoms with Crippen molar-refractivity contribution in [2.75, 3.05) is 44.9 Å². The van der Waals surface area contributed by atoms with Gasteiger partial charge in [0.25, 0.3) is 0 Å². The van der Waals surface area contributed by atoms with Crippen molar-refractivity contribution in [3.63, 3.8) is 0 Å². The zero-order valence-corrected chi connectivity index (χ0v) is 20.1. The molecule has 0 aromatic heterocycles. The summed E-state index contributed by atoms with van der Waals surface area (Å²) in [5, 5.41) is 0. The van der Waals surface area contributed by atoms with Crippen LogP contribution < -0.4 is 4.90 Å². The van der Waals surface area contributed by atoms with Crippen LogP contribution in [0.2, 0.25) is 0 Å². The number of ether oxygens (including phenoxy) is 3. The molecule has 0 unspecified atom stereocenters. The molecule has 182 valence electrons. The van der Waals surface area contributed by atoms with Gasteiger partial charge in [0.1, 0.15) is 18.8 Å². The van der Waals surface area contributed by atoms with Gasteiger partial charge in [-0.05, 0) is 49.7 Å². The predicted octanol–water partition coefficient (Wildman–Crippen LogP) is 2.35. The summed E-state index contributed by atoms with van der Waals surface area (Å²) in [5.41, 5.74) is 0.755. The summed E-state index contributed by atoms with van der Waals surface area (Å²) in [7, 11) is 1.32. The van der Waals surface area contributed by atoms with Crippen molar-refractivity contribution in [1.29, 1.82) is 0 Å². The highest BCUT2D eigenvalue weighted by Crippen LogP contribution is 2.38. The monoisotopic (exact) mass is 462 g/mol. The number of esters is 3. The number of rotatable bonds is 11. The van der Waals surface area contributed by atoms with Crippen molar-refractivity contribution in [3.8, 4) is 0 Å². The molecule has 9 nitrogen and oxygen atoms in total. The number of likely N-dealkylation sites (N-methyl/N-ethyl adjacent to an activating group) is 1. The quantitative estimate of drug-likeness (QED) is 0.365. The molecule has 0 radical (unpaired) electrons. The number of hydrogen-bond donors (Lipinski definition) is 0. The number of carbonyl (C=O) groups is 4. The fourth-order valence-electron chi connectivity index (χ4n) is 4.07. The Morgan fingerprint density at radius 3 is 2.18 bits per heavy atom. The first-order valence-corrected chi connectivity index (χ1v) is 11.2. The maximum absolute atomic E-state index is 13.1. The minimum absolute atomic E-state index is 0.102. The minimum atomic E-state index is -1.02. The highest BCUT2D eigenvalue weighted by atomic mass is 16.5. The fraction of sp³-hybridized carbons (Fsp3) is 0.583. The van der Waals surface area contributed by atoms with Crippen molar-refractivity contribution >= 4 is 29.5 Å². The summed E-state index contributed by atoms with van der Waals surface area (Å²) in [6.07, 6.45) is 1.17. The van der Waals surface area contributed by atoms with Gasteiger partial charge in [-0.25, -0.2) is 4.79 Å². The van der Waals surface area contributed by atoms with Gasteiger partial charge in [-0.2, -0.15) is 0 Å². The van der Waals surface area contributed by atoms with Gasteiger partial charge in [0.05, 0.1) is 12.7 Å². The molecule has 1 saturated heterocycles. The van der Waals surface area contributed by atoms with Crippen LogP contribution in [-0.4, -0.2) is 74.2 Å². The molecule has 0 bridgehead atoms. The summed E-state index contributed by atoms with van der Waals surface area (Å²) < 4.78 is 15.5. The van der Waals surface area contributed by atoms with Gasteiger partial charge >= 0.3 is 17.9 Å². The summed E-state index contributed by atoms with van der Waals surface area (Å²) in [6.45, 7) is 8.99. The van der Waals surface area contributed by atoms with E-state index in [1.807, 2.05) is 0 Å². The molecule has 1 aliphatic rings. The van der Waals surface area contributed by atoms with Crippen LogP contribution in [0.3, 0.4) is 0 Å². The van der Waals surface area contributed by atoms with E-state index in [1.54, 1.807) is 23.1 Å². The molecule has 33 heavy (non-hydrogen) atoms. The molecule has 0 spiro atoms. The Hall–Kier alpha value is -2.94. The Balaban J connectivity index is 2.54. The maximum Gasteiger partial charge on any atom is 0.337 e. The molecule has 1 aliphatic heterocycles. The van der Waals surface area contributed by atoms with Crippen LogP contribution in [0.25, 0.3) is 0 Å². The van der Waals surface area contributed by atoms with Crippen LogP contribution in [0.5, 0.6) is 0 Å². The number of hydrogen-bond acceptors (Lipinski definition) is 8. The molecule has 0 saturated carbocycles. The Morgan fingerprint density at radius 2 is 1.67 bits per heavy atom. The van der Waals surface area contributed by atoms with Crippen molar-refractivity contribution in [3.05, 3.63) is 29.3 Å². The number of anilines is 1. The molecular weight excluding hydrogens is 428 g/mol. The molecule has 0 atom stereocenters. The highest BCUT2D eigenvalue weighted by Gasteiger charge is 2.49. The third-order valence-corrected chi connectivity index (χ3v) is 5.95. The lowest BCUT2D eigenvalue weighted by Gasteiger charge is -2.38.